The van der Waals surface area contributed by atoms with Crippen LogP contribution >= 0.6 is 11.3 Å². The zero-order valence-electron chi connectivity index (χ0n) is 14.4. The van der Waals surface area contributed by atoms with E-state index in [1.807, 2.05) is 30.0 Å². The minimum atomic E-state index is -0.00802. The third kappa shape index (κ3) is 3.61. The highest BCUT2D eigenvalue weighted by Crippen LogP contribution is 2.24. The van der Waals surface area contributed by atoms with Gasteiger partial charge in [-0.1, -0.05) is 0 Å². The molecule has 0 N–H and O–H groups in total. The van der Waals surface area contributed by atoms with E-state index in [-0.39, 0.29) is 12.0 Å². The Morgan fingerprint density at radius 3 is 2.84 bits per heavy atom. The smallest absolute Gasteiger partial charge is 0.264 e. The summed E-state index contributed by atoms with van der Waals surface area (Å²) in [5.74, 6) is 1.63. The molecule has 0 aromatic carbocycles. The quantitative estimate of drug-likeness (QED) is 0.841. The van der Waals surface area contributed by atoms with Crippen LogP contribution in [0.15, 0.2) is 24.5 Å². The molecule has 1 amide bonds. The highest BCUT2D eigenvalue weighted by Gasteiger charge is 2.29. The summed E-state index contributed by atoms with van der Waals surface area (Å²) in [5.41, 5.74) is 0. The first-order valence-electron chi connectivity index (χ1n) is 8.78. The average Bonchev–Trinajstić information content (AvgIpc) is 3.36. The molecule has 1 atom stereocenters. The Morgan fingerprint density at radius 2 is 2.08 bits per heavy atom. The van der Waals surface area contributed by atoms with Crippen LogP contribution in [-0.4, -0.2) is 53.1 Å². The van der Waals surface area contributed by atoms with Crippen LogP contribution in [0.3, 0.4) is 0 Å². The molecule has 2 saturated heterocycles. The molecular formula is C18H22N4O2S. The van der Waals surface area contributed by atoms with Gasteiger partial charge >= 0.3 is 0 Å². The van der Waals surface area contributed by atoms with E-state index in [9.17, 15) is 4.79 Å². The molecule has 0 radical (unpaired) electrons. The second-order valence-electron chi connectivity index (χ2n) is 6.60. The molecule has 7 heteroatoms. The summed E-state index contributed by atoms with van der Waals surface area (Å²) < 4.78 is 6.03. The van der Waals surface area contributed by atoms with Crippen molar-refractivity contribution in [1.82, 2.24) is 14.9 Å². The third-order valence-corrected chi connectivity index (χ3v) is 5.72. The fourth-order valence-corrected chi connectivity index (χ4v) is 4.23. The van der Waals surface area contributed by atoms with E-state index >= 15 is 0 Å². The monoisotopic (exact) mass is 358 g/mol. The van der Waals surface area contributed by atoms with Crippen molar-refractivity contribution in [2.45, 2.75) is 32.3 Å². The van der Waals surface area contributed by atoms with E-state index in [4.69, 9.17) is 4.74 Å². The Bertz CT molecular complexity index is 757. The number of amides is 1. The summed E-state index contributed by atoms with van der Waals surface area (Å²) in [5, 5.41) is 0. The van der Waals surface area contributed by atoms with Crippen molar-refractivity contribution in [3.63, 3.8) is 0 Å². The van der Waals surface area contributed by atoms with Gasteiger partial charge in [0.1, 0.15) is 18.2 Å². The lowest BCUT2D eigenvalue weighted by Gasteiger charge is -2.18. The van der Waals surface area contributed by atoms with Gasteiger partial charge in [-0.3, -0.25) is 4.79 Å². The van der Waals surface area contributed by atoms with E-state index in [0.717, 1.165) is 41.6 Å². The van der Waals surface area contributed by atoms with Crippen LogP contribution in [0.1, 0.15) is 33.8 Å². The molecule has 6 nitrogen and oxygen atoms in total. The van der Waals surface area contributed by atoms with Crippen LogP contribution in [0.25, 0.3) is 0 Å². The summed E-state index contributed by atoms with van der Waals surface area (Å²) in [4.78, 5) is 27.2. The number of thiophene rings is 1. The summed E-state index contributed by atoms with van der Waals surface area (Å²) in [6.07, 6.45) is 4.81. The standard InChI is InChI=1S/C18H22N4O2S/c1-13-4-5-15(25-13)18(23)22-9-6-14(11-22)24-17-10-16(19-12-20-17)21-7-2-3-8-21/h4-5,10,12,14H,2-3,6-9,11H2,1H3/t14-/m1/s1. The van der Waals surface area contributed by atoms with Crippen molar-refractivity contribution in [3.05, 3.63) is 34.3 Å². The largest absolute Gasteiger partial charge is 0.472 e. The van der Waals surface area contributed by atoms with Crippen molar-refractivity contribution in [2.75, 3.05) is 31.1 Å². The number of hydrogen-bond acceptors (Lipinski definition) is 6. The predicted molar refractivity (Wildman–Crippen MR) is 97.5 cm³/mol. The van der Waals surface area contributed by atoms with Crippen LogP contribution in [0.5, 0.6) is 5.88 Å². The molecule has 0 unspecified atom stereocenters. The molecule has 0 bridgehead atoms. The highest BCUT2D eigenvalue weighted by atomic mass is 32.1. The molecule has 4 rings (SSSR count). The highest BCUT2D eigenvalue weighted by molar-refractivity contribution is 7.13. The van der Waals surface area contributed by atoms with Gasteiger partial charge in [0.2, 0.25) is 5.88 Å². The molecule has 0 saturated carbocycles. The first kappa shape index (κ1) is 16.3. The van der Waals surface area contributed by atoms with Gasteiger partial charge in [-0.2, -0.15) is 0 Å². The number of rotatable bonds is 4. The minimum absolute atomic E-state index is 0.00802. The summed E-state index contributed by atoms with van der Waals surface area (Å²) in [6.45, 7) is 5.44. The van der Waals surface area contributed by atoms with Gasteiger partial charge in [-0.25, -0.2) is 9.97 Å². The van der Waals surface area contributed by atoms with Gasteiger partial charge in [0.05, 0.1) is 11.4 Å². The number of carbonyl (C=O) groups is 1. The Morgan fingerprint density at radius 1 is 1.24 bits per heavy atom. The topological polar surface area (TPSA) is 58.6 Å². The molecule has 132 valence electrons. The van der Waals surface area contributed by atoms with Gasteiger partial charge < -0.3 is 14.5 Å². The number of aryl methyl sites for hydroxylation is 1. The molecule has 2 fully saturated rings. The fourth-order valence-electron chi connectivity index (χ4n) is 3.40. The molecular weight excluding hydrogens is 336 g/mol. The summed E-state index contributed by atoms with van der Waals surface area (Å²) in [7, 11) is 0. The van der Waals surface area contributed by atoms with Gasteiger partial charge in [-0.15, -0.1) is 11.3 Å². The zero-order chi connectivity index (χ0) is 17.2. The lowest BCUT2D eigenvalue weighted by Crippen LogP contribution is -2.30. The maximum absolute atomic E-state index is 12.5. The van der Waals surface area contributed by atoms with Gasteiger partial charge in [0.15, 0.2) is 0 Å². The third-order valence-electron chi connectivity index (χ3n) is 4.73. The number of anilines is 1. The van der Waals surface area contributed by atoms with Crippen molar-refractivity contribution >= 4 is 23.1 Å². The Kier molecular flexibility index (Phi) is 4.57. The SMILES string of the molecule is Cc1ccc(C(=O)N2CC[C@@H](Oc3cc(N4CCCC4)ncn3)C2)s1. The zero-order valence-corrected chi connectivity index (χ0v) is 15.2. The van der Waals surface area contributed by atoms with Gasteiger partial charge in [-0.05, 0) is 31.9 Å². The van der Waals surface area contributed by atoms with E-state index in [1.54, 1.807) is 17.7 Å². The van der Waals surface area contributed by atoms with E-state index < -0.39 is 0 Å². The second kappa shape index (κ2) is 7.00. The van der Waals surface area contributed by atoms with Gasteiger partial charge in [0.25, 0.3) is 5.91 Å². The maximum atomic E-state index is 12.5. The van der Waals surface area contributed by atoms with Gasteiger partial charge in [0, 0.05) is 37.0 Å². The van der Waals surface area contributed by atoms with E-state index in [2.05, 4.69) is 14.9 Å². The predicted octanol–water partition coefficient (Wildman–Crippen LogP) is 2.74. The molecule has 4 heterocycles. The lowest BCUT2D eigenvalue weighted by atomic mass is 10.3. The van der Waals surface area contributed by atoms with Crippen LogP contribution in [0, 0.1) is 6.92 Å². The lowest BCUT2D eigenvalue weighted by molar-refractivity contribution is 0.0776. The maximum Gasteiger partial charge on any atom is 0.264 e. The molecule has 2 aliphatic heterocycles. The number of carbonyl (C=O) groups excluding carboxylic acids is 1. The summed E-state index contributed by atoms with van der Waals surface area (Å²) in [6, 6.07) is 5.81. The van der Waals surface area contributed by atoms with Crippen molar-refractivity contribution in [2.24, 2.45) is 0 Å². The molecule has 2 aromatic rings. The molecule has 0 spiro atoms. The average molecular weight is 358 g/mol. The number of ether oxygens (including phenoxy) is 1. The second-order valence-corrected chi connectivity index (χ2v) is 7.89. The van der Waals surface area contributed by atoms with Crippen LogP contribution < -0.4 is 9.64 Å². The molecule has 2 aromatic heterocycles. The minimum Gasteiger partial charge on any atom is -0.472 e. The van der Waals surface area contributed by atoms with Crippen LogP contribution in [0.4, 0.5) is 5.82 Å². The Hall–Kier alpha value is -2.15. The van der Waals surface area contributed by atoms with E-state index in [0.29, 0.717) is 12.4 Å². The van der Waals surface area contributed by atoms with Crippen molar-refractivity contribution in [1.29, 1.82) is 0 Å². The number of aromatic nitrogens is 2. The number of nitrogens with zero attached hydrogens (tertiary/aromatic N) is 4. The van der Waals surface area contributed by atoms with Crippen LogP contribution in [-0.2, 0) is 0 Å². The normalized spacial score (nSPS) is 20.3. The molecule has 25 heavy (non-hydrogen) atoms. The van der Waals surface area contributed by atoms with Crippen molar-refractivity contribution in [3.8, 4) is 5.88 Å². The van der Waals surface area contributed by atoms with Crippen LogP contribution in [0.2, 0.25) is 0 Å². The number of likely N-dealkylation sites (tertiary alicyclic amines) is 1. The first-order chi connectivity index (χ1) is 12.2. The Balaban J connectivity index is 1.38. The molecule has 2 aliphatic rings. The van der Waals surface area contributed by atoms with Crippen molar-refractivity contribution < 1.29 is 9.53 Å². The first-order valence-corrected chi connectivity index (χ1v) is 9.60. The summed E-state index contributed by atoms with van der Waals surface area (Å²) >= 11 is 1.55. The Labute approximate surface area is 151 Å². The fraction of sp³-hybridized carbons (Fsp3) is 0.500. The van der Waals surface area contributed by atoms with E-state index in [1.165, 1.54) is 12.8 Å². The number of hydrogen-bond donors (Lipinski definition) is 0. The molecule has 0 aliphatic carbocycles.